The summed E-state index contributed by atoms with van der Waals surface area (Å²) in [7, 11) is 0. The number of urea groups is 1. The van der Waals surface area contributed by atoms with Crippen molar-refractivity contribution in [1.82, 2.24) is 5.32 Å². The number of amides is 2. The van der Waals surface area contributed by atoms with E-state index in [4.69, 9.17) is 23.2 Å². The molecule has 2 fully saturated rings. The minimum absolute atomic E-state index is 0.177. The van der Waals surface area contributed by atoms with E-state index < -0.39 is 0 Å². The Bertz CT molecular complexity index is 549. The fraction of sp³-hybridized carbons (Fsp3) is 0.562. The van der Waals surface area contributed by atoms with Crippen LogP contribution in [0, 0.1) is 17.8 Å². The van der Waals surface area contributed by atoms with Crippen molar-refractivity contribution in [2.75, 3.05) is 5.32 Å². The number of hydrogen-bond acceptors (Lipinski definition) is 1. The second-order valence-electron chi connectivity index (χ2n) is 6.35. The van der Waals surface area contributed by atoms with E-state index in [-0.39, 0.29) is 12.1 Å². The normalized spacial score (nSPS) is 28.4. The van der Waals surface area contributed by atoms with Gasteiger partial charge in [0.2, 0.25) is 0 Å². The highest BCUT2D eigenvalue weighted by Gasteiger charge is 2.42. The molecule has 0 aliphatic heterocycles. The van der Waals surface area contributed by atoms with E-state index in [1.54, 1.807) is 18.2 Å². The number of halogens is 2. The molecule has 2 aliphatic rings. The van der Waals surface area contributed by atoms with Crippen LogP contribution in [0.3, 0.4) is 0 Å². The molecule has 2 bridgehead atoms. The molecule has 0 radical (unpaired) electrons. The summed E-state index contributed by atoms with van der Waals surface area (Å²) in [5.41, 5.74) is 0.655. The molecule has 0 saturated heterocycles. The monoisotopic (exact) mass is 326 g/mol. The first kappa shape index (κ1) is 15.0. The number of hydrogen-bond donors (Lipinski definition) is 2. The average molecular weight is 327 g/mol. The molecule has 2 saturated carbocycles. The molecule has 1 aromatic rings. The molecule has 1 aromatic carbocycles. The van der Waals surface area contributed by atoms with Crippen LogP contribution in [0.1, 0.15) is 32.6 Å². The van der Waals surface area contributed by atoms with E-state index in [0.29, 0.717) is 21.7 Å². The van der Waals surface area contributed by atoms with E-state index in [0.717, 1.165) is 11.8 Å². The van der Waals surface area contributed by atoms with Crippen LogP contribution >= 0.6 is 23.2 Å². The SMILES string of the molecule is C[C@@H](NC(=O)Nc1ccc(Cl)c(Cl)c1)[C@H]1C[C@@H]2CC[C@@H]1C2. The first-order chi connectivity index (χ1) is 10.0. The Kier molecular flexibility index (Phi) is 4.32. The molecule has 0 spiro atoms. The molecular formula is C16H20Cl2N2O. The Morgan fingerprint density at radius 3 is 2.67 bits per heavy atom. The summed E-state index contributed by atoms with van der Waals surface area (Å²) in [6.07, 6.45) is 5.32. The number of carbonyl (C=O) groups is 1. The van der Waals surface area contributed by atoms with Crippen LogP contribution in [-0.4, -0.2) is 12.1 Å². The second kappa shape index (κ2) is 6.05. The lowest BCUT2D eigenvalue weighted by atomic mass is 9.84. The van der Waals surface area contributed by atoms with Gasteiger partial charge in [0, 0.05) is 11.7 Å². The maximum Gasteiger partial charge on any atom is 0.319 e. The highest BCUT2D eigenvalue weighted by Crippen LogP contribution is 2.49. The number of nitrogens with one attached hydrogen (secondary N) is 2. The van der Waals surface area contributed by atoms with E-state index in [1.165, 1.54) is 25.7 Å². The molecule has 21 heavy (non-hydrogen) atoms. The number of fused-ring (bicyclic) bond motifs is 2. The minimum Gasteiger partial charge on any atom is -0.335 e. The lowest BCUT2D eigenvalue weighted by Gasteiger charge is -2.28. The number of anilines is 1. The molecule has 3 rings (SSSR count). The first-order valence-corrected chi connectivity index (χ1v) is 8.31. The number of carbonyl (C=O) groups excluding carboxylic acids is 1. The van der Waals surface area contributed by atoms with Crippen LogP contribution in [0.2, 0.25) is 10.0 Å². The predicted molar refractivity (Wildman–Crippen MR) is 87.0 cm³/mol. The zero-order valence-electron chi connectivity index (χ0n) is 12.0. The molecule has 114 valence electrons. The molecule has 5 heteroatoms. The second-order valence-corrected chi connectivity index (χ2v) is 7.17. The van der Waals surface area contributed by atoms with E-state index in [2.05, 4.69) is 17.6 Å². The van der Waals surface area contributed by atoms with Gasteiger partial charge in [-0.05, 0) is 62.1 Å². The summed E-state index contributed by atoms with van der Waals surface area (Å²) < 4.78 is 0. The van der Waals surface area contributed by atoms with Crippen molar-refractivity contribution < 1.29 is 4.79 Å². The smallest absolute Gasteiger partial charge is 0.319 e. The van der Waals surface area contributed by atoms with Gasteiger partial charge in [0.05, 0.1) is 10.0 Å². The highest BCUT2D eigenvalue weighted by atomic mass is 35.5. The van der Waals surface area contributed by atoms with E-state index in [9.17, 15) is 4.79 Å². The topological polar surface area (TPSA) is 41.1 Å². The summed E-state index contributed by atoms with van der Waals surface area (Å²) in [5.74, 6) is 2.32. The van der Waals surface area contributed by atoms with Crippen molar-refractivity contribution in [3.05, 3.63) is 28.2 Å². The van der Waals surface area contributed by atoms with Gasteiger partial charge in [-0.2, -0.15) is 0 Å². The third-order valence-corrected chi connectivity index (χ3v) is 5.71. The van der Waals surface area contributed by atoms with Crippen molar-refractivity contribution in [3.63, 3.8) is 0 Å². The Labute approximate surface area is 135 Å². The van der Waals surface area contributed by atoms with Crippen molar-refractivity contribution in [2.45, 2.75) is 38.6 Å². The zero-order valence-corrected chi connectivity index (χ0v) is 13.5. The Hall–Kier alpha value is -0.930. The van der Waals surface area contributed by atoms with Gasteiger partial charge in [-0.1, -0.05) is 29.6 Å². The third-order valence-electron chi connectivity index (χ3n) is 4.97. The lowest BCUT2D eigenvalue weighted by Crippen LogP contribution is -2.42. The summed E-state index contributed by atoms with van der Waals surface area (Å²) in [5, 5.41) is 6.80. The van der Waals surface area contributed by atoms with Crippen molar-refractivity contribution in [3.8, 4) is 0 Å². The van der Waals surface area contributed by atoms with Crippen LogP contribution in [0.5, 0.6) is 0 Å². The van der Waals surface area contributed by atoms with Crippen molar-refractivity contribution in [2.24, 2.45) is 17.8 Å². The standard InChI is InChI=1S/C16H20Cl2N2O/c1-9(13-7-10-2-3-11(13)6-10)19-16(21)20-12-4-5-14(17)15(18)8-12/h4-5,8-11,13H,2-3,6-7H2,1H3,(H2,19,20,21)/t9-,10-,11-,13-/m1/s1. The van der Waals surface area contributed by atoms with Crippen LogP contribution in [0.25, 0.3) is 0 Å². The van der Waals surface area contributed by atoms with E-state index >= 15 is 0 Å². The molecule has 2 N–H and O–H groups in total. The van der Waals surface area contributed by atoms with Gasteiger partial charge < -0.3 is 10.6 Å². The fourth-order valence-corrected chi connectivity index (χ4v) is 4.26. The summed E-state index contributed by atoms with van der Waals surface area (Å²) in [6.45, 7) is 2.11. The fourth-order valence-electron chi connectivity index (χ4n) is 3.96. The molecule has 0 unspecified atom stereocenters. The Balaban J connectivity index is 1.55. The lowest BCUT2D eigenvalue weighted by molar-refractivity contribution is 0.230. The maximum absolute atomic E-state index is 12.1. The molecule has 4 atom stereocenters. The number of benzene rings is 1. The minimum atomic E-state index is -0.177. The van der Waals surface area contributed by atoms with Gasteiger partial charge in [-0.3, -0.25) is 0 Å². The quantitative estimate of drug-likeness (QED) is 0.811. The van der Waals surface area contributed by atoms with E-state index in [1.807, 2.05) is 0 Å². The van der Waals surface area contributed by atoms with Crippen molar-refractivity contribution >= 4 is 34.9 Å². The molecule has 2 aliphatic carbocycles. The zero-order chi connectivity index (χ0) is 15.0. The Morgan fingerprint density at radius 1 is 1.24 bits per heavy atom. The third kappa shape index (κ3) is 3.29. The van der Waals surface area contributed by atoms with Crippen LogP contribution in [0.4, 0.5) is 10.5 Å². The van der Waals surface area contributed by atoms with Crippen molar-refractivity contribution in [1.29, 1.82) is 0 Å². The van der Waals surface area contributed by atoms with Crippen LogP contribution in [-0.2, 0) is 0 Å². The van der Waals surface area contributed by atoms with Crippen LogP contribution in [0.15, 0.2) is 18.2 Å². The molecule has 2 amide bonds. The van der Waals surface area contributed by atoms with Gasteiger partial charge >= 0.3 is 6.03 Å². The molecule has 0 aromatic heterocycles. The summed E-state index contributed by atoms with van der Waals surface area (Å²) >= 11 is 11.8. The Morgan fingerprint density at radius 2 is 2.05 bits per heavy atom. The van der Waals surface area contributed by atoms with Gasteiger partial charge in [-0.15, -0.1) is 0 Å². The van der Waals surface area contributed by atoms with Gasteiger partial charge in [0.1, 0.15) is 0 Å². The number of rotatable bonds is 3. The van der Waals surface area contributed by atoms with Gasteiger partial charge in [-0.25, -0.2) is 4.79 Å². The highest BCUT2D eigenvalue weighted by molar-refractivity contribution is 6.42. The molecule has 3 nitrogen and oxygen atoms in total. The average Bonchev–Trinajstić information content (AvgIpc) is 3.05. The molecular weight excluding hydrogens is 307 g/mol. The maximum atomic E-state index is 12.1. The predicted octanol–water partition coefficient (Wildman–Crippen LogP) is 4.94. The first-order valence-electron chi connectivity index (χ1n) is 7.55. The summed E-state index contributed by atoms with van der Waals surface area (Å²) in [6, 6.07) is 5.12. The van der Waals surface area contributed by atoms with Gasteiger partial charge in [0.15, 0.2) is 0 Å². The largest absolute Gasteiger partial charge is 0.335 e. The molecule has 0 heterocycles. The van der Waals surface area contributed by atoms with Crippen LogP contribution < -0.4 is 10.6 Å². The summed E-state index contributed by atoms with van der Waals surface area (Å²) in [4.78, 5) is 12.1. The van der Waals surface area contributed by atoms with Gasteiger partial charge in [0.25, 0.3) is 0 Å².